The van der Waals surface area contributed by atoms with E-state index >= 15 is 0 Å². The molecule has 0 unspecified atom stereocenters. The highest BCUT2D eigenvalue weighted by molar-refractivity contribution is 7.89. The maximum Gasteiger partial charge on any atom is 0.262 e. The molecule has 0 heterocycles. The Labute approximate surface area is 187 Å². The number of hydrogen-bond donors (Lipinski definition) is 2. The van der Waals surface area contributed by atoms with E-state index in [4.69, 9.17) is 27.9 Å². The Bertz CT molecular complexity index is 1020. The molecule has 0 saturated heterocycles. The number of nitrogens with one attached hydrogen (secondary N) is 2. The zero-order chi connectivity index (χ0) is 21.7. The van der Waals surface area contributed by atoms with Gasteiger partial charge in [0, 0.05) is 11.1 Å². The molecule has 2 N–H and O–H groups in total. The molecule has 0 radical (unpaired) electrons. The van der Waals surface area contributed by atoms with Crippen molar-refractivity contribution >= 4 is 44.8 Å². The van der Waals surface area contributed by atoms with Crippen molar-refractivity contribution in [2.75, 3.05) is 11.9 Å². The molecule has 1 aliphatic rings. The van der Waals surface area contributed by atoms with Crippen molar-refractivity contribution < 1.29 is 17.9 Å². The van der Waals surface area contributed by atoms with E-state index in [1.165, 1.54) is 12.1 Å². The van der Waals surface area contributed by atoms with Gasteiger partial charge in [0.25, 0.3) is 5.91 Å². The fourth-order valence-corrected chi connectivity index (χ4v) is 5.22. The number of carbonyl (C=O) groups excluding carboxylic acids is 1. The molecule has 30 heavy (non-hydrogen) atoms. The lowest BCUT2D eigenvalue weighted by atomic mass is 9.96. The van der Waals surface area contributed by atoms with Gasteiger partial charge >= 0.3 is 0 Å². The van der Waals surface area contributed by atoms with E-state index in [1.54, 1.807) is 31.2 Å². The van der Waals surface area contributed by atoms with Gasteiger partial charge in [-0.25, -0.2) is 13.1 Å². The molecule has 0 aliphatic heterocycles. The van der Waals surface area contributed by atoms with Gasteiger partial charge in [0.2, 0.25) is 10.0 Å². The predicted octanol–water partition coefficient (Wildman–Crippen LogP) is 4.93. The van der Waals surface area contributed by atoms with Crippen LogP contribution in [0.1, 0.15) is 37.7 Å². The molecule has 1 saturated carbocycles. The van der Waals surface area contributed by atoms with Crippen molar-refractivity contribution in [1.29, 1.82) is 0 Å². The minimum atomic E-state index is -3.59. The Morgan fingerprint density at radius 2 is 1.83 bits per heavy atom. The van der Waals surface area contributed by atoms with Gasteiger partial charge in [0.15, 0.2) is 6.61 Å². The van der Waals surface area contributed by atoms with Crippen molar-refractivity contribution in [3.63, 3.8) is 0 Å². The van der Waals surface area contributed by atoms with Crippen molar-refractivity contribution in [1.82, 2.24) is 4.72 Å². The summed E-state index contributed by atoms with van der Waals surface area (Å²) in [7, 11) is -3.59. The monoisotopic (exact) mass is 470 g/mol. The summed E-state index contributed by atoms with van der Waals surface area (Å²) in [5.74, 6) is 0.0401. The molecule has 0 bridgehead atoms. The van der Waals surface area contributed by atoms with E-state index in [9.17, 15) is 13.2 Å². The minimum Gasteiger partial charge on any atom is -0.483 e. The van der Waals surface area contributed by atoms with Gasteiger partial charge in [-0.05, 0) is 61.7 Å². The number of benzene rings is 2. The highest BCUT2D eigenvalue weighted by Crippen LogP contribution is 2.26. The van der Waals surface area contributed by atoms with Crippen LogP contribution in [0.3, 0.4) is 0 Å². The van der Waals surface area contributed by atoms with E-state index in [-0.39, 0.29) is 17.5 Å². The maximum absolute atomic E-state index is 12.7. The van der Waals surface area contributed by atoms with Crippen LogP contribution >= 0.6 is 23.2 Å². The first-order chi connectivity index (χ1) is 14.2. The summed E-state index contributed by atoms with van der Waals surface area (Å²) in [5, 5.41) is 3.44. The first-order valence-electron chi connectivity index (χ1n) is 9.75. The van der Waals surface area contributed by atoms with Crippen LogP contribution in [0, 0.1) is 6.92 Å². The lowest BCUT2D eigenvalue weighted by molar-refractivity contribution is -0.118. The van der Waals surface area contributed by atoms with Gasteiger partial charge in [0.1, 0.15) is 5.75 Å². The molecule has 1 amide bonds. The second-order valence-corrected chi connectivity index (χ2v) is 9.90. The summed E-state index contributed by atoms with van der Waals surface area (Å²) in [6.07, 6.45) is 4.98. The molecule has 162 valence electrons. The van der Waals surface area contributed by atoms with Gasteiger partial charge in [-0.3, -0.25) is 4.79 Å². The first kappa shape index (κ1) is 22.9. The third-order valence-electron chi connectivity index (χ3n) is 4.95. The smallest absolute Gasteiger partial charge is 0.262 e. The number of sulfonamides is 1. The van der Waals surface area contributed by atoms with Gasteiger partial charge < -0.3 is 10.1 Å². The van der Waals surface area contributed by atoms with Crippen LogP contribution in [0.5, 0.6) is 5.75 Å². The van der Waals surface area contributed by atoms with E-state index in [0.717, 1.165) is 32.1 Å². The standard InChI is InChI=1S/C21H24Cl2N2O4S/c1-14-11-17(30(27,28)25-16-5-3-2-4-6-16)8-10-20(14)29-13-21(26)24-19-9-7-15(22)12-18(19)23/h7-12,16,25H,2-6,13H2,1H3,(H,24,26). The highest BCUT2D eigenvalue weighted by Gasteiger charge is 2.22. The second-order valence-electron chi connectivity index (χ2n) is 7.34. The molecule has 9 heteroatoms. The highest BCUT2D eigenvalue weighted by atomic mass is 35.5. The summed E-state index contributed by atoms with van der Waals surface area (Å²) in [6, 6.07) is 9.35. The molecule has 2 aromatic rings. The number of amides is 1. The van der Waals surface area contributed by atoms with Gasteiger partial charge in [0.05, 0.1) is 15.6 Å². The number of hydrogen-bond acceptors (Lipinski definition) is 4. The maximum atomic E-state index is 12.7. The van der Waals surface area contributed by atoms with Crippen LogP contribution in [0.15, 0.2) is 41.3 Å². The van der Waals surface area contributed by atoms with Gasteiger partial charge in [-0.2, -0.15) is 0 Å². The summed E-state index contributed by atoms with van der Waals surface area (Å²) in [4.78, 5) is 12.3. The van der Waals surface area contributed by atoms with Gasteiger partial charge in [-0.15, -0.1) is 0 Å². The molecule has 6 nitrogen and oxygen atoms in total. The van der Waals surface area contributed by atoms with E-state index in [2.05, 4.69) is 10.0 Å². The molecular formula is C21H24Cl2N2O4S. The van der Waals surface area contributed by atoms with Crippen LogP contribution in [0.4, 0.5) is 5.69 Å². The SMILES string of the molecule is Cc1cc(S(=O)(=O)NC2CCCCC2)ccc1OCC(=O)Nc1ccc(Cl)cc1Cl. The largest absolute Gasteiger partial charge is 0.483 e. The summed E-state index contributed by atoms with van der Waals surface area (Å²) < 4.78 is 33.6. The fraction of sp³-hybridized carbons (Fsp3) is 0.381. The normalized spacial score (nSPS) is 15.0. The Morgan fingerprint density at radius 1 is 1.10 bits per heavy atom. The molecule has 1 aliphatic carbocycles. The first-order valence-corrected chi connectivity index (χ1v) is 12.0. The van der Waals surface area contributed by atoms with Crippen LogP contribution in [0.2, 0.25) is 10.0 Å². The quantitative estimate of drug-likeness (QED) is 0.600. The Kier molecular flexibility index (Phi) is 7.63. The lowest BCUT2D eigenvalue weighted by Crippen LogP contribution is -2.36. The number of aryl methyl sites for hydroxylation is 1. The van der Waals surface area contributed by atoms with Crippen molar-refractivity contribution in [3.8, 4) is 5.75 Å². The number of anilines is 1. The van der Waals surface area contributed by atoms with Crippen LogP contribution in [0.25, 0.3) is 0 Å². The number of halogens is 2. The predicted molar refractivity (Wildman–Crippen MR) is 119 cm³/mol. The molecule has 2 aromatic carbocycles. The van der Waals surface area contributed by atoms with Crippen LogP contribution < -0.4 is 14.8 Å². The Balaban J connectivity index is 1.60. The van der Waals surface area contributed by atoms with Crippen molar-refractivity contribution in [2.24, 2.45) is 0 Å². The average Bonchev–Trinajstić information content (AvgIpc) is 2.69. The third-order valence-corrected chi connectivity index (χ3v) is 7.01. The summed E-state index contributed by atoms with van der Waals surface area (Å²) in [5.41, 5.74) is 1.06. The van der Waals surface area contributed by atoms with E-state index < -0.39 is 15.9 Å². The van der Waals surface area contributed by atoms with Crippen LogP contribution in [-0.4, -0.2) is 27.0 Å². The van der Waals surface area contributed by atoms with Crippen molar-refractivity contribution in [3.05, 3.63) is 52.0 Å². The summed E-state index contributed by atoms with van der Waals surface area (Å²) in [6.45, 7) is 1.50. The topological polar surface area (TPSA) is 84.5 Å². The molecule has 1 fully saturated rings. The van der Waals surface area contributed by atoms with Crippen LogP contribution in [-0.2, 0) is 14.8 Å². The fourth-order valence-electron chi connectivity index (χ4n) is 3.38. The minimum absolute atomic E-state index is 0.0108. The molecular weight excluding hydrogens is 447 g/mol. The number of rotatable bonds is 7. The third kappa shape index (κ3) is 6.11. The average molecular weight is 471 g/mol. The van der Waals surface area contributed by atoms with Crippen molar-refractivity contribution in [2.45, 2.75) is 50.0 Å². The number of ether oxygens (including phenoxy) is 1. The Morgan fingerprint density at radius 3 is 2.50 bits per heavy atom. The van der Waals surface area contributed by atoms with E-state index in [0.29, 0.717) is 27.0 Å². The van der Waals surface area contributed by atoms with E-state index in [1.807, 2.05) is 0 Å². The lowest BCUT2D eigenvalue weighted by Gasteiger charge is -2.22. The molecule has 0 spiro atoms. The zero-order valence-electron chi connectivity index (χ0n) is 16.6. The summed E-state index contributed by atoms with van der Waals surface area (Å²) >= 11 is 11.9. The Hall–Kier alpha value is -1.80. The number of carbonyl (C=O) groups is 1. The molecule has 0 atom stereocenters. The van der Waals surface area contributed by atoms with Gasteiger partial charge in [-0.1, -0.05) is 42.5 Å². The molecule has 0 aromatic heterocycles. The zero-order valence-corrected chi connectivity index (χ0v) is 18.9. The second kappa shape index (κ2) is 10.0. The molecule has 3 rings (SSSR count).